The van der Waals surface area contributed by atoms with Crippen molar-refractivity contribution in [2.75, 3.05) is 18.5 Å². The van der Waals surface area contributed by atoms with Crippen molar-refractivity contribution in [3.05, 3.63) is 34.4 Å². The van der Waals surface area contributed by atoms with E-state index >= 15 is 0 Å². The van der Waals surface area contributed by atoms with Crippen LogP contribution in [0.2, 0.25) is 0 Å². The summed E-state index contributed by atoms with van der Waals surface area (Å²) in [6, 6.07) is 6.40. The lowest BCUT2D eigenvalue weighted by molar-refractivity contribution is -0.384. The highest BCUT2D eigenvalue weighted by molar-refractivity contribution is 5.77. The Balaban J connectivity index is 1.78. The van der Waals surface area contributed by atoms with Gasteiger partial charge in [0, 0.05) is 31.7 Å². The monoisotopic (exact) mass is 307 g/mol. The maximum Gasteiger partial charge on any atom is 0.292 e. The molecule has 1 atom stereocenters. The van der Waals surface area contributed by atoms with Gasteiger partial charge in [0.05, 0.1) is 4.92 Å². The second-order valence-corrected chi connectivity index (χ2v) is 5.47. The molecule has 0 aliphatic heterocycles. The quantitative estimate of drug-likeness (QED) is 0.475. The summed E-state index contributed by atoms with van der Waals surface area (Å²) in [6.07, 6.45) is 3.01. The molecule has 120 valence electrons. The summed E-state index contributed by atoms with van der Waals surface area (Å²) in [5.41, 5.74) is 0.411. The van der Waals surface area contributed by atoms with E-state index in [0.29, 0.717) is 24.6 Å². The lowest BCUT2D eigenvalue weighted by Crippen LogP contribution is -2.37. The lowest BCUT2D eigenvalue weighted by atomic mass is 10.1. The number of nitrogens with zero attached hydrogens (tertiary/aromatic N) is 1. The zero-order chi connectivity index (χ0) is 15.9. The van der Waals surface area contributed by atoms with E-state index in [1.807, 2.05) is 0 Å². The van der Waals surface area contributed by atoms with Crippen LogP contribution in [0, 0.1) is 16.0 Å². The normalized spacial score (nSPS) is 15.1. The largest absolute Gasteiger partial charge is 0.396 e. The first-order valence-electron chi connectivity index (χ1n) is 7.49. The average Bonchev–Trinajstić information content (AvgIpc) is 3.32. The summed E-state index contributed by atoms with van der Waals surface area (Å²) in [5.74, 6) is 0.385. The summed E-state index contributed by atoms with van der Waals surface area (Å²) >= 11 is 0. The van der Waals surface area contributed by atoms with Crippen LogP contribution < -0.4 is 10.6 Å². The third-order valence-electron chi connectivity index (χ3n) is 3.75. The summed E-state index contributed by atoms with van der Waals surface area (Å²) < 4.78 is 0. The van der Waals surface area contributed by atoms with Crippen LogP contribution in [0.3, 0.4) is 0 Å². The smallest absolute Gasteiger partial charge is 0.292 e. The van der Waals surface area contributed by atoms with Gasteiger partial charge < -0.3 is 15.7 Å². The Labute approximate surface area is 128 Å². The molecule has 7 heteroatoms. The number of amides is 1. The molecule has 0 radical (unpaired) electrons. The minimum absolute atomic E-state index is 0.000884. The number of rotatable bonds is 9. The topological polar surface area (TPSA) is 104 Å². The van der Waals surface area contributed by atoms with Gasteiger partial charge in [-0.15, -0.1) is 0 Å². The molecule has 3 N–H and O–H groups in total. The zero-order valence-corrected chi connectivity index (χ0v) is 12.3. The summed E-state index contributed by atoms with van der Waals surface area (Å²) in [7, 11) is 0. The van der Waals surface area contributed by atoms with E-state index in [9.17, 15) is 14.9 Å². The van der Waals surface area contributed by atoms with Crippen LogP contribution in [-0.2, 0) is 4.79 Å². The number of benzene rings is 1. The molecule has 7 nitrogen and oxygen atoms in total. The van der Waals surface area contributed by atoms with Crippen molar-refractivity contribution in [1.82, 2.24) is 5.32 Å². The number of hydrogen-bond acceptors (Lipinski definition) is 5. The molecule has 2 rings (SSSR count). The second-order valence-electron chi connectivity index (χ2n) is 5.47. The van der Waals surface area contributed by atoms with Crippen molar-refractivity contribution in [3.63, 3.8) is 0 Å². The number of nitro groups is 1. The highest BCUT2D eigenvalue weighted by Crippen LogP contribution is 2.33. The number of hydrogen-bond donors (Lipinski definition) is 3. The van der Waals surface area contributed by atoms with Gasteiger partial charge in [0.15, 0.2) is 0 Å². The van der Waals surface area contributed by atoms with Gasteiger partial charge in [0.2, 0.25) is 5.91 Å². The Hall–Kier alpha value is -2.15. The molecular formula is C15H21N3O4. The molecular weight excluding hydrogens is 286 g/mol. The molecule has 1 aromatic carbocycles. The van der Waals surface area contributed by atoms with Crippen molar-refractivity contribution in [2.45, 2.75) is 31.7 Å². The van der Waals surface area contributed by atoms with E-state index in [4.69, 9.17) is 5.11 Å². The molecule has 0 saturated heterocycles. The number of nitro benzene ring substituents is 1. The SMILES string of the molecule is O=C(CCNc1ccccc1[N+](=O)[O-])NC(CCO)C1CC1. The van der Waals surface area contributed by atoms with Crippen LogP contribution in [0.1, 0.15) is 25.7 Å². The molecule has 1 unspecified atom stereocenters. The van der Waals surface area contributed by atoms with E-state index in [1.165, 1.54) is 6.07 Å². The fourth-order valence-corrected chi connectivity index (χ4v) is 2.44. The van der Waals surface area contributed by atoms with E-state index in [1.54, 1.807) is 18.2 Å². The first-order chi connectivity index (χ1) is 10.6. The van der Waals surface area contributed by atoms with Crippen molar-refractivity contribution >= 4 is 17.3 Å². The van der Waals surface area contributed by atoms with Crippen LogP contribution in [-0.4, -0.2) is 35.1 Å². The number of carbonyl (C=O) groups excluding carboxylic acids is 1. The molecule has 1 aliphatic rings. The molecule has 0 aromatic heterocycles. The Morgan fingerprint density at radius 2 is 2.14 bits per heavy atom. The second kappa shape index (κ2) is 7.74. The van der Waals surface area contributed by atoms with E-state index in [-0.39, 0.29) is 30.7 Å². The van der Waals surface area contributed by atoms with Gasteiger partial charge in [-0.2, -0.15) is 0 Å². The molecule has 1 amide bonds. The number of anilines is 1. The highest BCUT2D eigenvalue weighted by Gasteiger charge is 2.31. The minimum atomic E-state index is -0.452. The third-order valence-corrected chi connectivity index (χ3v) is 3.75. The van der Waals surface area contributed by atoms with Crippen molar-refractivity contribution in [2.24, 2.45) is 5.92 Å². The first kappa shape index (κ1) is 16.2. The molecule has 1 aromatic rings. The molecule has 1 fully saturated rings. The van der Waals surface area contributed by atoms with Crippen LogP contribution in [0.25, 0.3) is 0 Å². The van der Waals surface area contributed by atoms with E-state index in [2.05, 4.69) is 10.6 Å². The van der Waals surface area contributed by atoms with Gasteiger partial charge in [-0.3, -0.25) is 14.9 Å². The lowest BCUT2D eigenvalue weighted by Gasteiger charge is -2.17. The van der Waals surface area contributed by atoms with Gasteiger partial charge in [-0.25, -0.2) is 0 Å². The summed E-state index contributed by atoms with van der Waals surface area (Å²) in [5, 5.41) is 25.7. The van der Waals surface area contributed by atoms with Gasteiger partial charge in [0.25, 0.3) is 5.69 Å². The molecule has 0 bridgehead atoms. The van der Waals surface area contributed by atoms with Gasteiger partial charge in [-0.1, -0.05) is 12.1 Å². The Kier molecular flexibility index (Phi) is 5.71. The molecule has 0 heterocycles. The third kappa shape index (κ3) is 4.70. The predicted molar refractivity (Wildman–Crippen MR) is 82.6 cm³/mol. The number of aliphatic hydroxyl groups is 1. The Morgan fingerprint density at radius 1 is 1.41 bits per heavy atom. The first-order valence-corrected chi connectivity index (χ1v) is 7.49. The standard InChI is InChI=1S/C15H21N3O4/c19-10-8-12(11-5-6-11)17-15(20)7-9-16-13-3-1-2-4-14(13)18(21)22/h1-4,11-12,16,19H,5-10H2,(H,17,20). The Morgan fingerprint density at radius 3 is 2.77 bits per heavy atom. The average molecular weight is 307 g/mol. The van der Waals surface area contributed by atoms with Crippen LogP contribution in [0.4, 0.5) is 11.4 Å². The van der Waals surface area contributed by atoms with Crippen molar-refractivity contribution in [3.8, 4) is 0 Å². The van der Waals surface area contributed by atoms with E-state index in [0.717, 1.165) is 12.8 Å². The zero-order valence-electron chi connectivity index (χ0n) is 12.3. The van der Waals surface area contributed by atoms with Gasteiger partial charge >= 0.3 is 0 Å². The van der Waals surface area contributed by atoms with Crippen molar-refractivity contribution < 1.29 is 14.8 Å². The minimum Gasteiger partial charge on any atom is -0.396 e. The van der Waals surface area contributed by atoms with Crippen LogP contribution in [0.15, 0.2) is 24.3 Å². The van der Waals surface area contributed by atoms with Gasteiger partial charge in [0.1, 0.15) is 5.69 Å². The van der Waals surface area contributed by atoms with Crippen LogP contribution in [0.5, 0.6) is 0 Å². The molecule has 22 heavy (non-hydrogen) atoms. The predicted octanol–water partition coefficient (Wildman–Crippen LogP) is 1.67. The summed E-state index contributed by atoms with van der Waals surface area (Å²) in [6.45, 7) is 0.392. The number of nitrogens with one attached hydrogen (secondary N) is 2. The molecule has 1 saturated carbocycles. The van der Waals surface area contributed by atoms with Gasteiger partial charge in [-0.05, 0) is 31.2 Å². The van der Waals surface area contributed by atoms with E-state index < -0.39 is 4.92 Å². The number of aliphatic hydroxyl groups excluding tert-OH is 1. The number of carbonyl (C=O) groups is 1. The molecule has 0 spiro atoms. The molecule has 1 aliphatic carbocycles. The van der Waals surface area contributed by atoms with Crippen molar-refractivity contribution in [1.29, 1.82) is 0 Å². The fraction of sp³-hybridized carbons (Fsp3) is 0.533. The fourth-order valence-electron chi connectivity index (χ4n) is 2.44. The highest BCUT2D eigenvalue weighted by atomic mass is 16.6. The Bertz CT molecular complexity index is 531. The van der Waals surface area contributed by atoms with Crippen LogP contribution >= 0.6 is 0 Å². The maximum absolute atomic E-state index is 11.9. The summed E-state index contributed by atoms with van der Waals surface area (Å²) in [4.78, 5) is 22.3. The number of para-hydroxylation sites is 2. The maximum atomic E-state index is 11.9.